The van der Waals surface area contributed by atoms with E-state index in [4.69, 9.17) is 9.47 Å². The number of para-hydroxylation sites is 1. The Labute approximate surface area is 180 Å². The van der Waals surface area contributed by atoms with Crippen LogP contribution in [-0.2, 0) is 11.8 Å². The summed E-state index contributed by atoms with van der Waals surface area (Å²) in [4.78, 5) is 12.7. The van der Waals surface area contributed by atoms with Crippen LogP contribution in [0.1, 0.15) is 32.2 Å². The Morgan fingerprint density at radius 2 is 1.87 bits per heavy atom. The number of nitrogens with zero attached hydrogens (tertiary/aromatic N) is 3. The lowest BCUT2D eigenvalue weighted by atomic mass is 10.3. The molecule has 3 rings (SSSR count). The number of hydrogen-bond acceptors (Lipinski definition) is 6. The van der Waals surface area contributed by atoms with Gasteiger partial charge in [0.05, 0.1) is 12.4 Å². The Balaban J connectivity index is 1.67. The van der Waals surface area contributed by atoms with E-state index in [9.17, 15) is 4.79 Å². The first kappa shape index (κ1) is 21.7. The normalized spacial score (nSPS) is 12.8. The third kappa shape index (κ3) is 5.33. The number of methoxy groups -OCH3 is 1. The fourth-order valence-corrected chi connectivity index (χ4v) is 3.83. The molecule has 0 bridgehead atoms. The molecule has 2 atom stereocenters. The second kappa shape index (κ2) is 10.2. The fraction of sp³-hybridized carbons (Fsp3) is 0.318. The molecule has 158 valence electrons. The number of anilines is 1. The monoisotopic (exact) mass is 426 g/mol. The molecule has 1 amide bonds. The van der Waals surface area contributed by atoms with E-state index < -0.39 is 0 Å². The zero-order valence-corrected chi connectivity index (χ0v) is 18.3. The van der Waals surface area contributed by atoms with E-state index >= 15 is 0 Å². The molecule has 30 heavy (non-hydrogen) atoms. The Bertz CT molecular complexity index is 978. The summed E-state index contributed by atoms with van der Waals surface area (Å²) in [7, 11) is 3.50. The molecule has 0 radical (unpaired) electrons. The summed E-state index contributed by atoms with van der Waals surface area (Å²) in [5.74, 6) is 2.04. The number of rotatable bonds is 9. The van der Waals surface area contributed by atoms with Gasteiger partial charge in [-0.1, -0.05) is 43.0 Å². The van der Waals surface area contributed by atoms with Crippen LogP contribution in [0.2, 0.25) is 0 Å². The number of hydrogen-bond donors (Lipinski definition) is 1. The number of nitrogens with one attached hydrogen (secondary N) is 1. The minimum Gasteiger partial charge on any atom is -0.497 e. The SMILES string of the molecule is CCC(Sc1nnc(C(C)Oc2cccc(OC)c2)n1C)C(=O)Nc1ccccc1. The van der Waals surface area contributed by atoms with Gasteiger partial charge in [-0.25, -0.2) is 0 Å². The van der Waals surface area contributed by atoms with Crippen LogP contribution in [0, 0.1) is 0 Å². The Kier molecular flexibility index (Phi) is 7.35. The lowest BCUT2D eigenvalue weighted by Gasteiger charge is -2.16. The van der Waals surface area contributed by atoms with Crippen LogP contribution in [0.15, 0.2) is 59.8 Å². The van der Waals surface area contributed by atoms with E-state index in [2.05, 4.69) is 15.5 Å². The van der Waals surface area contributed by atoms with Crippen molar-refractivity contribution in [3.05, 3.63) is 60.4 Å². The van der Waals surface area contributed by atoms with Gasteiger partial charge in [0.25, 0.3) is 0 Å². The van der Waals surface area contributed by atoms with Crippen LogP contribution in [0.25, 0.3) is 0 Å². The third-order valence-corrected chi connectivity index (χ3v) is 5.94. The molecule has 0 aliphatic rings. The van der Waals surface area contributed by atoms with Crippen LogP contribution in [0.4, 0.5) is 5.69 Å². The average molecular weight is 427 g/mol. The van der Waals surface area contributed by atoms with Crippen molar-refractivity contribution in [1.82, 2.24) is 14.8 Å². The van der Waals surface area contributed by atoms with Crippen LogP contribution in [0.3, 0.4) is 0 Å². The lowest BCUT2D eigenvalue weighted by molar-refractivity contribution is -0.115. The number of benzene rings is 2. The molecular weight excluding hydrogens is 400 g/mol. The van der Waals surface area contributed by atoms with Crippen LogP contribution < -0.4 is 14.8 Å². The van der Waals surface area contributed by atoms with Gasteiger partial charge in [-0.05, 0) is 37.6 Å². The fourth-order valence-electron chi connectivity index (χ4n) is 2.91. The van der Waals surface area contributed by atoms with E-state index in [0.717, 1.165) is 11.4 Å². The summed E-state index contributed by atoms with van der Waals surface area (Å²) in [6.07, 6.45) is 0.351. The highest BCUT2D eigenvalue weighted by Crippen LogP contribution is 2.29. The molecule has 2 unspecified atom stereocenters. The van der Waals surface area contributed by atoms with Gasteiger partial charge in [0, 0.05) is 18.8 Å². The first-order valence-corrected chi connectivity index (χ1v) is 10.6. The topological polar surface area (TPSA) is 78.3 Å². The van der Waals surface area contributed by atoms with Crippen molar-refractivity contribution < 1.29 is 14.3 Å². The molecule has 7 nitrogen and oxygen atoms in total. The summed E-state index contributed by atoms with van der Waals surface area (Å²) in [6.45, 7) is 3.89. The average Bonchev–Trinajstić information content (AvgIpc) is 3.12. The van der Waals surface area contributed by atoms with E-state index in [0.29, 0.717) is 23.2 Å². The minimum absolute atomic E-state index is 0.0565. The molecule has 0 saturated carbocycles. The van der Waals surface area contributed by atoms with E-state index in [1.54, 1.807) is 7.11 Å². The highest BCUT2D eigenvalue weighted by Gasteiger charge is 2.23. The maximum Gasteiger partial charge on any atom is 0.237 e. The molecule has 0 saturated heterocycles. The predicted molar refractivity (Wildman–Crippen MR) is 118 cm³/mol. The maximum atomic E-state index is 12.7. The van der Waals surface area contributed by atoms with Gasteiger partial charge < -0.3 is 19.4 Å². The van der Waals surface area contributed by atoms with Crippen molar-refractivity contribution in [2.75, 3.05) is 12.4 Å². The highest BCUT2D eigenvalue weighted by molar-refractivity contribution is 8.00. The number of ether oxygens (including phenoxy) is 2. The number of carbonyl (C=O) groups excluding carboxylic acids is 1. The molecular formula is C22H26N4O3S. The Hall–Kier alpha value is -3.00. The van der Waals surface area contributed by atoms with Gasteiger partial charge in [-0.15, -0.1) is 10.2 Å². The summed E-state index contributed by atoms with van der Waals surface area (Å²) < 4.78 is 13.1. The lowest BCUT2D eigenvalue weighted by Crippen LogP contribution is -2.25. The maximum absolute atomic E-state index is 12.7. The molecule has 1 heterocycles. The molecule has 0 spiro atoms. The van der Waals surface area contributed by atoms with E-state index in [-0.39, 0.29) is 17.3 Å². The smallest absolute Gasteiger partial charge is 0.237 e. The van der Waals surface area contributed by atoms with Crippen molar-refractivity contribution in [3.63, 3.8) is 0 Å². The molecule has 1 N–H and O–H groups in total. The zero-order valence-electron chi connectivity index (χ0n) is 17.5. The van der Waals surface area contributed by atoms with Gasteiger partial charge >= 0.3 is 0 Å². The Morgan fingerprint density at radius 1 is 1.13 bits per heavy atom. The van der Waals surface area contributed by atoms with Gasteiger partial charge in [0.2, 0.25) is 5.91 Å². The molecule has 0 fully saturated rings. The number of carbonyl (C=O) groups is 1. The van der Waals surface area contributed by atoms with E-state index in [1.165, 1.54) is 11.8 Å². The van der Waals surface area contributed by atoms with Gasteiger partial charge in [-0.3, -0.25) is 4.79 Å². The van der Waals surface area contributed by atoms with Crippen LogP contribution in [-0.4, -0.2) is 33.0 Å². The summed E-state index contributed by atoms with van der Waals surface area (Å²) in [6, 6.07) is 16.9. The molecule has 1 aromatic heterocycles. The van der Waals surface area contributed by atoms with Crippen molar-refractivity contribution in [2.24, 2.45) is 7.05 Å². The second-order valence-corrected chi connectivity index (χ2v) is 7.88. The molecule has 8 heteroatoms. The van der Waals surface area contributed by atoms with Crippen molar-refractivity contribution >= 4 is 23.4 Å². The number of thioether (sulfide) groups is 1. The van der Waals surface area contributed by atoms with Crippen LogP contribution in [0.5, 0.6) is 11.5 Å². The molecule has 2 aromatic carbocycles. The van der Waals surface area contributed by atoms with Gasteiger partial charge in [0.15, 0.2) is 17.1 Å². The number of amides is 1. The third-order valence-electron chi connectivity index (χ3n) is 4.54. The predicted octanol–water partition coefficient (Wildman–Crippen LogP) is 4.47. The van der Waals surface area contributed by atoms with Crippen LogP contribution >= 0.6 is 11.8 Å². The molecule has 0 aliphatic heterocycles. The Morgan fingerprint density at radius 3 is 2.57 bits per heavy atom. The highest BCUT2D eigenvalue weighted by atomic mass is 32.2. The summed E-state index contributed by atoms with van der Waals surface area (Å²) >= 11 is 1.40. The zero-order chi connectivity index (χ0) is 21.5. The quantitative estimate of drug-likeness (QED) is 0.509. The first-order chi connectivity index (χ1) is 14.5. The standard InChI is InChI=1S/C22H26N4O3S/c1-5-19(21(27)23-16-10-7-6-8-11-16)30-22-25-24-20(26(22)3)15(2)29-18-13-9-12-17(14-18)28-4/h6-15,19H,5H2,1-4H3,(H,23,27). The van der Waals surface area contributed by atoms with Gasteiger partial charge in [-0.2, -0.15) is 0 Å². The minimum atomic E-state index is -0.317. The van der Waals surface area contributed by atoms with E-state index in [1.807, 2.05) is 80.1 Å². The second-order valence-electron chi connectivity index (χ2n) is 6.71. The summed E-state index contributed by atoms with van der Waals surface area (Å²) in [5.41, 5.74) is 0.778. The largest absolute Gasteiger partial charge is 0.497 e. The van der Waals surface area contributed by atoms with Crippen molar-refractivity contribution in [2.45, 2.75) is 36.8 Å². The molecule has 3 aromatic rings. The van der Waals surface area contributed by atoms with Crippen molar-refractivity contribution in [3.8, 4) is 11.5 Å². The summed E-state index contributed by atoms with van der Waals surface area (Å²) in [5, 5.41) is 11.9. The number of aromatic nitrogens is 3. The van der Waals surface area contributed by atoms with Gasteiger partial charge in [0.1, 0.15) is 11.5 Å². The molecule has 0 aliphatic carbocycles. The first-order valence-electron chi connectivity index (χ1n) is 9.74. The van der Waals surface area contributed by atoms with Crippen molar-refractivity contribution in [1.29, 1.82) is 0 Å².